The van der Waals surface area contributed by atoms with Crippen molar-refractivity contribution in [2.24, 2.45) is 0 Å². The normalized spacial score (nSPS) is 19.8. The lowest BCUT2D eigenvalue weighted by atomic mass is 10.2. The molecule has 1 aliphatic rings. The van der Waals surface area contributed by atoms with Crippen LogP contribution >= 0.6 is 15.9 Å². The van der Waals surface area contributed by atoms with E-state index in [9.17, 15) is 4.21 Å². The van der Waals surface area contributed by atoms with Gasteiger partial charge in [-0.25, -0.2) is 0 Å². The second-order valence-corrected chi connectivity index (χ2v) is 7.16. The van der Waals surface area contributed by atoms with E-state index in [1.165, 1.54) is 25.7 Å². The third-order valence-electron chi connectivity index (χ3n) is 3.28. The van der Waals surface area contributed by atoms with Crippen LogP contribution in [0.1, 0.15) is 38.5 Å². The highest BCUT2D eigenvalue weighted by Crippen LogP contribution is 2.29. The summed E-state index contributed by atoms with van der Waals surface area (Å²) in [7, 11) is -0.903. The minimum atomic E-state index is -0.903. The molecular weight excluding hydrogens is 298 g/mol. The van der Waals surface area contributed by atoms with Crippen LogP contribution in [-0.2, 0) is 10.8 Å². The van der Waals surface area contributed by atoms with Crippen LogP contribution in [0.25, 0.3) is 0 Å². The highest BCUT2D eigenvalue weighted by atomic mass is 79.9. The summed E-state index contributed by atoms with van der Waals surface area (Å²) in [5.74, 6) is 0. The van der Waals surface area contributed by atoms with Gasteiger partial charge in [-0.05, 0) is 47.0 Å². The third-order valence-corrected chi connectivity index (χ3v) is 6.06. The molecular formula is C13H18BrNOS. The summed E-state index contributed by atoms with van der Waals surface area (Å²) in [6.45, 7) is 0. The summed E-state index contributed by atoms with van der Waals surface area (Å²) >= 11 is 3.46. The standard InChI is InChI=1S/C13H18BrNOS/c14-12-9-10(15)7-8-13(12)17(16)11-5-3-1-2-4-6-11/h7-9,11H,1-6,15H2. The molecule has 1 aromatic rings. The number of halogens is 1. The van der Waals surface area contributed by atoms with Crippen LogP contribution in [-0.4, -0.2) is 9.46 Å². The second kappa shape index (κ2) is 6.01. The zero-order chi connectivity index (χ0) is 12.3. The van der Waals surface area contributed by atoms with Crippen LogP contribution < -0.4 is 5.73 Å². The molecule has 0 radical (unpaired) electrons. The average Bonchev–Trinajstić information content (AvgIpc) is 2.56. The summed E-state index contributed by atoms with van der Waals surface area (Å²) < 4.78 is 13.4. The van der Waals surface area contributed by atoms with Gasteiger partial charge in [-0.2, -0.15) is 0 Å². The van der Waals surface area contributed by atoms with Crippen molar-refractivity contribution in [3.8, 4) is 0 Å². The fourth-order valence-corrected chi connectivity index (χ4v) is 4.76. The van der Waals surface area contributed by atoms with E-state index in [-0.39, 0.29) is 0 Å². The summed E-state index contributed by atoms with van der Waals surface area (Å²) in [6, 6.07) is 5.55. The van der Waals surface area contributed by atoms with Gasteiger partial charge in [-0.15, -0.1) is 0 Å². The van der Waals surface area contributed by atoms with Crippen molar-refractivity contribution < 1.29 is 4.21 Å². The Morgan fingerprint density at radius 2 is 1.82 bits per heavy atom. The van der Waals surface area contributed by atoms with Gasteiger partial charge < -0.3 is 5.73 Å². The van der Waals surface area contributed by atoms with Crippen LogP contribution in [0, 0.1) is 0 Å². The zero-order valence-corrected chi connectivity index (χ0v) is 12.2. The first kappa shape index (κ1) is 13.1. The van der Waals surface area contributed by atoms with Gasteiger partial charge in [0.1, 0.15) is 0 Å². The second-order valence-electron chi connectivity index (χ2n) is 4.60. The summed E-state index contributed by atoms with van der Waals surface area (Å²) in [6.07, 6.45) is 7.17. The predicted molar refractivity (Wildman–Crippen MR) is 76.5 cm³/mol. The molecule has 17 heavy (non-hydrogen) atoms. The fraction of sp³-hybridized carbons (Fsp3) is 0.538. The lowest BCUT2D eigenvalue weighted by Gasteiger charge is -2.15. The van der Waals surface area contributed by atoms with Crippen molar-refractivity contribution in [2.75, 3.05) is 5.73 Å². The quantitative estimate of drug-likeness (QED) is 0.665. The van der Waals surface area contributed by atoms with E-state index in [4.69, 9.17) is 5.73 Å². The SMILES string of the molecule is Nc1ccc(S(=O)C2CCCCCC2)c(Br)c1. The average molecular weight is 316 g/mol. The molecule has 1 fully saturated rings. The van der Waals surface area contributed by atoms with E-state index in [0.29, 0.717) is 10.9 Å². The van der Waals surface area contributed by atoms with Crippen LogP contribution in [0.2, 0.25) is 0 Å². The molecule has 0 bridgehead atoms. The molecule has 2 rings (SSSR count). The monoisotopic (exact) mass is 315 g/mol. The van der Waals surface area contributed by atoms with Gasteiger partial charge >= 0.3 is 0 Å². The molecule has 1 aliphatic carbocycles. The van der Waals surface area contributed by atoms with E-state index in [1.807, 2.05) is 18.2 Å². The Balaban J connectivity index is 2.17. The molecule has 94 valence electrons. The molecule has 1 atom stereocenters. The molecule has 0 heterocycles. The Hall–Kier alpha value is -0.350. The molecule has 0 aromatic heterocycles. The number of benzene rings is 1. The topological polar surface area (TPSA) is 43.1 Å². The maximum absolute atomic E-state index is 12.5. The van der Waals surface area contributed by atoms with Gasteiger partial charge in [-0.3, -0.25) is 4.21 Å². The number of hydrogen-bond donors (Lipinski definition) is 1. The minimum Gasteiger partial charge on any atom is -0.399 e. The minimum absolute atomic E-state index is 0.317. The van der Waals surface area contributed by atoms with Crippen LogP contribution in [0.3, 0.4) is 0 Å². The largest absolute Gasteiger partial charge is 0.399 e. The molecule has 2 N–H and O–H groups in total. The van der Waals surface area contributed by atoms with E-state index < -0.39 is 10.8 Å². The molecule has 1 unspecified atom stereocenters. The van der Waals surface area contributed by atoms with Gasteiger partial charge in [0.25, 0.3) is 0 Å². The highest BCUT2D eigenvalue weighted by Gasteiger charge is 2.21. The molecule has 1 saturated carbocycles. The van der Waals surface area contributed by atoms with E-state index in [0.717, 1.165) is 22.2 Å². The number of nitrogen functional groups attached to an aromatic ring is 1. The van der Waals surface area contributed by atoms with Crippen LogP contribution in [0.5, 0.6) is 0 Å². The Morgan fingerprint density at radius 1 is 1.18 bits per heavy atom. The zero-order valence-electron chi connectivity index (χ0n) is 9.82. The van der Waals surface area contributed by atoms with Crippen LogP contribution in [0.4, 0.5) is 5.69 Å². The third kappa shape index (κ3) is 3.32. The molecule has 0 amide bonds. The first-order valence-electron chi connectivity index (χ1n) is 6.14. The number of nitrogens with two attached hydrogens (primary N) is 1. The molecule has 0 aliphatic heterocycles. The van der Waals surface area contributed by atoms with E-state index in [1.54, 1.807) is 0 Å². The Bertz CT molecular complexity index is 414. The first-order valence-corrected chi connectivity index (χ1v) is 8.14. The molecule has 1 aromatic carbocycles. The number of hydrogen-bond acceptors (Lipinski definition) is 2. The highest BCUT2D eigenvalue weighted by molar-refractivity contribution is 9.10. The van der Waals surface area contributed by atoms with Gasteiger partial charge in [0.15, 0.2) is 0 Å². The molecule has 0 saturated heterocycles. The smallest absolute Gasteiger partial charge is 0.0572 e. The lowest BCUT2D eigenvalue weighted by Crippen LogP contribution is -2.14. The summed E-state index contributed by atoms with van der Waals surface area (Å²) in [5.41, 5.74) is 6.41. The summed E-state index contributed by atoms with van der Waals surface area (Å²) in [5, 5.41) is 0.317. The number of rotatable bonds is 2. The molecule has 4 heteroatoms. The maximum atomic E-state index is 12.5. The number of anilines is 1. The van der Waals surface area contributed by atoms with Gasteiger partial charge in [0, 0.05) is 15.4 Å². The van der Waals surface area contributed by atoms with Crippen molar-refractivity contribution in [3.63, 3.8) is 0 Å². The van der Waals surface area contributed by atoms with Crippen molar-refractivity contribution in [1.82, 2.24) is 0 Å². The Labute approximate surface area is 114 Å². The van der Waals surface area contributed by atoms with Crippen molar-refractivity contribution in [2.45, 2.75) is 48.7 Å². The van der Waals surface area contributed by atoms with Crippen LogP contribution in [0.15, 0.2) is 27.6 Å². The van der Waals surface area contributed by atoms with E-state index in [2.05, 4.69) is 15.9 Å². The molecule has 0 spiro atoms. The predicted octanol–water partition coefficient (Wildman–Crippen LogP) is 3.86. The van der Waals surface area contributed by atoms with Crippen molar-refractivity contribution in [1.29, 1.82) is 0 Å². The van der Waals surface area contributed by atoms with Crippen molar-refractivity contribution in [3.05, 3.63) is 22.7 Å². The maximum Gasteiger partial charge on any atom is 0.0572 e. The first-order chi connectivity index (χ1) is 8.18. The van der Waals surface area contributed by atoms with Gasteiger partial charge in [0.2, 0.25) is 0 Å². The fourth-order valence-electron chi connectivity index (χ4n) is 2.32. The van der Waals surface area contributed by atoms with Gasteiger partial charge in [0.05, 0.1) is 15.7 Å². The van der Waals surface area contributed by atoms with Crippen molar-refractivity contribution >= 4 is 32.4 Å². The summed E-state index contributed by atoms with van der Waals surface area (Å²) in [4.78, 5) is 0.895. The Kier molecular flexibility index (Phi) is 4.62. The molecule has 2 nitrogen and oxygen atoms in total. The van der Waals surface area contributed by atoms with Gasteiger partial charge in [-0.1, -0.05) is 25.7 Å². The Morgan fingerprint density at radius 3 is 2.41 bits per heavy atom. The lowest BCUT2D eigenvalue weighted by molar-refractivity contribution is 0.642. The van der Waals surface area contributed by atoms with E-state index >= 15 is 0 Å².